The van der Waals surface area contributed by atoms with E-state index in [0.717, 1.165) is 22.0 Å². The highest BCUT2D eigenvalue weighted by molar-refractivity contribution is 5.94. The zero-order valence-corrected chi connectivity index (χ0v) is 24.3. The third-order valence-electron chi connectivity index (χ3n) is 6.39. The van der Waals surface area contributed by atoms with E-state index >= 15 is 0 Å². The zero-order chi connectivity index (χ0) is 30.2. The minimum Gasteiger partial charge on any atom is -0.444 e. The molecule has 0 saturated heterocycles. The molecule has 0 aliphatic rings. The summed E-state index contributed by atoms with van der Waals surface area (Å²) in [5.41, 5.74) is 7.38. The van der Waals surface area contributed by atoms with Gasteiger partial charge in [-0.2, -0.15) is 0 Å². The van der Waals surface area contributed by atoms with Gasteiger partial charge in [0.05, 0.1) is 0 Å². The van der Waals surface area contributed by atoms with Crippen molar-refractivity contribution >= 4 is 34.7 Å². The van der Waals surface area contributed by atoms with Crippen molar-refractivity contribution in [1.29, 1.82) is 0 Å². The average Bonchev–Trinajstić information content (AvgIpc) is 3.29. The lowest BCUT2D eigenvalue weighted by atomic mass is 10.00. The Bertz CT molecular complexity index is 1350. The molecule has 3 aromatic rings. The van der Waals surface area contributed by atoms with Crippen molar-refractivity contribution in [1.82, 2.24) is 20.9 Å². The zero-order valence-electron chi connectivity index (χ0n) is 24.3. The minimum absolute atomic E-state index is 0.0399. The number of nitrogens with one attached hydrogen (secondary N) is 4. The van der Waals surface area contributed by atoms with E-state index in [1.807, 2.05) is 68.4 Å². The van der Waals surface area contributed by atoms with Crippen molar-refractivity contribution in [3.8, 4) is 0 Å². The standard InChI is InChI=1S/C31H41N5O5/c1-19(2)15-25(28(38)34-24(27(32)37)16-20-11-7-6-8-12-20)35-29(39)26(36-30(40)41-31(3,4)5)17-21-18-33-23-14-10-9-13-22(21)23/h6-14,18-19,24-26,33H,15-17H2,1-5H3,(H2,32,37)(H,34,38)(H,35,39)(H,36,40)/t24-,25-,26-/m0/s1. The third kappa shape index (κ3) is 9.66. The minimum atomic E-state index is -1.04. The Labute approximate surface area is 240 Å². The summed E-state index contributed by atoms with van der Waals surface area (Å²) in [6, 6.07) is 13.9. The number of hydrogen-bond acceptors (Lipinski definition) is 5. The van der Waals surface area contributed by atoms with Crippen LogP contribution in [0, 0.1) is 5.92 Å². The quantitative estimate of drug-likeness (QED) is 0.229. The number of aromatic nitrogens is 1. The number of aromatic amines is 1. The second kappa shape index (κ2) is 13.8. The van der Waals surface area contributed by atoms with Crippen LogP contribution in [-0.2, 0) is 32.0 Å². The van der Waals surface area contributed by atoms with Crippen LogP contribution >= 0.6 is 0 Å². The maximum atomic E-state index is 13.7. The summed E-state index contributed by atoms with van der Waals surface area (Å²) in [5.74, 6) is -1.73. The van der Waals surface area contributed by atoms with Crippen molar-refractivity contribution < 1.29 is 23.9 Å². The Morgan fingerprint density at radius 1 is 0.829 bits per heavy atom. The fourth-order valence-electron chi connectivity index (χ4n) is 4.50. The van der Waals surface area contributed by atoms with Crippen LogP contribution in [0.2, 0.25) is 0 Å². The third-order valence-corrected chi connectivity index (χ3v) is 6.39. The van der Waals surface area contributed by atoms with E-state index in [1.165, 1.54) is 0 Å². The summed E-state index contributed by atoms with van der Waals surface area (Å²) < 4.78 is 5.41. The number of nitrogens with two attached hydrogens (primary N) is 1. The van der Waals surface area contributed by atoms with Gasteiger partial charge in [0.15, 0.2) is 0 Å². The molecule has 0 aliphatic carbocycles. The smallest absolute Gasteiger partial charge is 0.408 e. The van der Waals surface area contributed by atoms with Crippen molar-refractivity contribution in [2.24, 2.45) is 11.7 Å². The van der Waals surface area contributed by atoms with E-state index < -0.39 is 47.5 Å². The molecule has 0 unspecified atom stereocenters. The summed E-state index contributed by atoms with van der Waals surface area (Å²) in [5, 5.41) is 9.10. The Balaban J connectivity index is 1.81. The first kappa shape index (κ1) is 31.2. The molecule has 220 valence electrons. The molecule has 41 heavy (non-hydrogen) atoms. The largest absolute Gasteiger partial charge is 0.444 e. The molecule has 3 rings (SSSR count). The summed E-state index contributed by atoms with van der Waals surface area (Å²) in [6.45, 7) is 9.04. The number of primary amides is 1. The lowest BCUT2D eigenvalue weighted by Crippen LogP contribution is -2.57. The topological polar surface area (TPSA) is 155 Å². The summed E-state index contributed by atoms with van der Waals surface area (Å²) in [6.07, 6.45) is 1.72. The normalized spacial score (nSPS) is 13.7. The van der Waals surface area contributed by atoms with E-state index in [1.54, 1.807) is 27.0 Å². The second-order valence-corrected chi connectivity index (χ2v) is 11.6. The molecule has 6 N–H and O–H groups in total. The lowest BCUT2D eigenvalue weighted by molar-refractivity contribution is -0.132. The first-order valence-electron chi connectivity index (χ1n) is 13.8. The lowest BCUT2D eigenvalue weighted by Gasteiger charge is -2.27. The number of carbonyl (C=O) groups is 4. The van der Waals surface area contributed by atoms with E-state index in [9.17, 15) is 19.2 Å². The van der Waals surface area contributed by atoms with Gasteiger partial charge in [-0.3, -0.25) is 14.4 Å². The molecule has 2 aromatic carbocycles. The molecule has 0 fully saturated rings. The molecule has 0 radical (unpaired) electrons. The molecular weight excluding hydrogens is 522 g/mol. The molecule has 1 heterocycles. The molecular formula is C31H41N5O5. The van der Waals surface area contributed by atoms with Crippen molar-refractivity contribution in [2.75, 3.05) is 0 Å². The number of para-hydroxylation sites is 1. The number of ether oxygens (including phenoxy) is 1. The Morgan fingerprint density at radius 3 is 2.07 bits per heavy atom. The number of alkyl carbamates (subject to hydrolysis) is 1. The van der Waals surface area contributed by atoms with Gasteiger partial charge in [0.25, 0.3) is 0 Å². The van der Waals surface area contributed by atoms with Gasteiger partial charge in [-0.05, 0) is 50.3 Å². The van der Waals surface area contributed by atoms with Gasteiger partial charge in [-0.15, -0.1) is 0 Å². The summed E-state index contributed by atoms with van der Waals surface area (Å²) in [4.78, 5) is 55.1. The van der Waals surface area contributed by atoms with Crippen LogP contribution in [0.3, 0.4) is 0 Å². The van der Waals surface area contributed by atoms with E-state index in [2.05, 4.69) is 20.9 Å². The molecule has 0 aliphatic heterocycles. The number of H-pyrrole nitrogens is 1. The van der Waals surface area contributed by atoms with Gasteiger partial charge in [0.1, 0.15) is 23.7 Å². The van der Waals surface area contributed by atoms with Crippen LogP contribution in [0.5, 0.6) is 0 Å². The van der Waals surface area contributed by atoms with E-state index in [-0.39, 0.29) is 18.8 Å². The Hall–Kier alpha value is -4.34. The van der Waals surface area contributed by atoms with Gasteiger partial charge in [-0.25, -0.2) is 4.79 Å². The highest BCUT2D eigenvalue weighted by atomic mass is 16.6. The van der Waals surface area contributed by atoms with Crippen LogP contribution in [0.4, 0.5) is 4.79 Å². The highest BCUT2D eigenvalue weighted by Crippen LogP contribution is 2.20. The van der Waals surface area contributed by atoms with Crippen molar-refractivity contribution in [3.63, 3.8) is 0 Å². The van der Waals surface area contributed by atoms with Crippen LogP contribution in [0.15, 0.2) is 60.8 Å². The predicted octanol–water partition coefficient (Wildman–Crippen LogP) is 3.35. The maximum absolute atomic E-state index is 13.7. The van der Waals surface area contributed by atoms with Crippen LogP contribution in [0.1, 0.15) is 52.2 Å². The Morgan fingerprint density at radius 2 is 1.44 bits per heavy atom. The second-order valence-electron chi connectivity index (χ2n) is 11.6. The number of fused-ring (bicyclic) bond motifs is 1. The fraction of sp³-hybridized carbons (Fsp3) is 0.419. The van der Waals surface area contributed by atoms with Gasteiger partial charge in [-0.1, -0.05) is 62.4 Å². The van der Waals surface area contributed by atoms with Gasteiger partial charge >= 0.3 is 6.09 Å². The number of carbonyl (C=O) groups excluding carboxylic acids is 4. The van der Waals surface area contributed by atoms with Crippen LogP contribution in [-0.4, -0.2) is 52.5 Å². The van der Waals surface area contributed by atoms with E-state index in [4.69, 9.17) is 10.5 Å². The predicted molar refractivity (Wildman–Crippen MR) is 158 cm³/mol. The summed E-state index contributed by atoms with van der Waals surface area (Å²) >= 11 is 0. The molecule has 10 nitrogen and oxygen atoms in total. The Kier molecular flexibility index (Phi) is 10.5. The van der Waals surface area contributed by atoms with Gasteiger partial charge < -0.3 is 31.4 Å². The van der Waals surface area contributed by atoms with Crippen LogP contribution < -0.4 is 21.7 Å². The van der Waals surface area contributed by atoms with Crippen LogP contribution in [0.25, 0.3) is 10.9 Å². The highest BCUT2D eigenvalue weighted by Gasteiger charge is 2.31. The molecule has 10 heteroatoms. The molecule has 0 saturated carbocycles. The number of hydrogen-bond donors (Lipinski definition) is 5. The fourth-order valence-corrected chi connectivity index (χ4v) is 4.50. The summed E-state index contributed by atoms with van der Waals surface area (Å²) in [7, 11) is 0. The van der Waals surface area contributed by atoms with Gasteiger partial charge in [0, 0.05) is 29.9 Å². The first-order chi connectivity index (χ1) is 19.3. The first-order valence-corrected chi connectivity index (χ1v) is 13.8. The monoisotopic (exact) mass is 563 g/mol. The number of amides is 4. The van der Waals surface area contributed by atoms with E-state index in [0.29, 0.717) is 6.42 Å². The molecule has 3 atom stereocenters. The SMILES string of the molecule is CC(C)C[C@H](NC(=O)[C@H](Cc1c[nH]c2ccccc12)NC(=O)OC(C)(C)C)C(=O)N[C@@H](Cc1ccccc1)C(N)=O. The average molecular weight is 564 g/mol. The number of rotatable bonds is 12. The molecule has 0 spiro atoms. The number of benzene rings is 2. The molecule has 1 aromatic heterocycles. The van der Waals surface area contributed by atoms with Gasteiger partial charge in [0.2, 0.25) is 17.7 Å². The van der Waals surface area contributed by atoms with Crippen molar-refractivity contribution in [2.45, 2.75) is 77.6 Å². The molecule has 0 bridgehead atoms. The maximum Gasteiger partial charge on any atom is 0.408 e. The van der Waals surface area contributed by atoms with Crippen molar-refractivity contribution in [3.05, 3.63) is 71.9 Å². The molecule has 4 amide bonds.